The number of hydrogen-bond acceptors (Lipinski definition) is 4. The van der Waals surface area contributed by atoms with Gasteiger partial charge in [0.15, 0.2) is 0 Å². The van der Waals surface area contributed by atoms with E-state index in [4.69, 9.17) is 9.31 Å². The Hall–Kier alpha value is -2.16. The third kappa shape index (κ3) is 4.49. The Morgan fingerprint density at radius 3 is 1.88 bits per heavy atom. The van der Waals surface area contributed by atoms with Gasteiger partial charge in [-0.15, -0.1) is 0 Å². The van der Waals surface area contributed by atoms with Gasteiger partial charge in [-0.2, -0.15) is 0 Å². The van der Waals surface area contributed by atoms with E-state index in [1.807, 2.05) is 64.1 Å². The molecule has 6 nitrogen and oxygen atoms in total. The average molecular weight is 499 g/mol. The number of carbonyl (C=O) groups excluding carboxylic acids is 2. The second-order valence-electron chi connectivity index (χ2n) is 9.32. The summed E-state index contributed by atoms with van der Waals surface area (Å²) in [7, 11) is -0.365. The first-order valence-corrected chi connectivity index (χ1v) is 11.7. The quantitative estimate of drug-likeness (QED) is 0.592. The van der Waals surface area contributed by atoms with Crippen molar-refractivity contribution in [2.75, 3.05) is 13.1 Å². The number of carbonyl (C=O) groups is 2. The number of benzene rings is 2. The van der Waals surface area contributed by atoms with Crippen LogP contribution in [0.25, 0.3) is 0 Å². The summed E-state index contributed by atoms with van der Waals surface area (Å²) < 4.78 is 13.1. The van der Waals surface area contributed by atoms with Crippen LogP contribution in [0.3, 0.4) is 0 Å². The van der Waals surface area contributed by atoms with Crippen molar-refractivity contribution < 1.29 is 18.9 Å². The summed E-state index contributed by atoms with van der Waals surface area (Å²) in [6.07, 6.45) is 1.79. The molecule has 2 aromatic carbocycles. The lowest BCUT2D eigenvalue weighted by atomic mass is 9.77. The number of fused-ring (bicyclic) bond motifs is 2. The largest absolute Gasteiger partial charge is 0.494 e. The highest BCUT2D eigenvalue weighted by Gasteiger charge is 2.51. The first-order chi connectivity index (χ1) is 15.1. The Labute approximate surface area is 197 Å². The molecule has 2 amide bonds. The van der Waals surface area contributed by atoms with E-state index in [2.05, 4.69) is 26.6 Å². The highest BCUT2D eigenvalue weighted by atomic mass is 79.9. The Kier molecular flexibility index (Phi) is 6.22. The Morgan fingerprint density at radius 2 is 1.31 bits per heavy atom. The molecular weight excluding hydrogens is 471 g/mol. The van der Waals surface area contributed by atoms with E-state index in [1.165, 1.54) is 0 Å². The molecule has 3 aliphatic heterocycles. The molecule has 2 aromatic rings. The van der Waals surface area contributed by atoms with Crippen LogP contribution in [0.5, 0.6) is 0 Å². The van der Waals surface area contributed by atoms with Gasteiger partial charge >= 0.3 is 7.12 Å². The maximum atomic E-state index is 11.8. The number of halogens is 1. The maximum Gasteiger partial charge on any atom is 0.494 e. The van der Waals surface area contributed by atoms with E-state index < -0.39 is 0 Å². The topological polar surface area (TPSA) is 76.7 Å². The minimum atomic E-state index is -0.365. The van der Waals surface area contributed by atoms with E-state index in [-0.39, 0.29) is 30.1 Å². The summed E-state index contributed by atoms with van der Waals surface area (Å²) in [5.74, 6) is 0.0514. The molecular formula is C24H28BBrN2O4. The molecule has 0 unspecified atom stereocenters. The van der Waals surface area contributed by atoms with Crippen molar-refractivity contribution in [3.05, 3.63) is 63.1 Å². The van der Waals surface area contributed by atoms with Gasteiger partial charge in [-0.3, -0.25) is 9.59 Å². The van der Waals surface area contributed by atoms with Crippen LogP contribution in [0, 0.1) is 0 Å². The van der Waals surface area contributed by atoms with E-state index in [9.17, 15) is 9.59 Å². The van der Waals surface area contributed by atoms with Crippen LogP contribution in [0.1, 0.15) is 59.5 Å². The van der Waals surface area contributed by atoms with Crippen molar-refractivity contribution in [1.29, 1.82) is 0 Å². The predicted molar refractivity (Wildman–Crippen MR) is 128 cm³/mol. The van der Waals surface area contributed by atoms with E-state index in [1.54, 1.807) is 0 Å². The van der Waals surface area contributed by atoms with E-state index in [0.29, 0.717) is 6.54 Å². The molecule has 0 radical (unpaired) electrons. The van der Waals surface area contributed by atoms with E-state index >= 15 is 0 Å². The molecule has 3 heterocycles. The molecule has 1 fully saturated rings. The fourth-order valence-electron chi connectivity index (χ4n) is 3.97. The Morgan fingerprint density at radius 1 is 0.812 bits per heavy atom. The van der Waals surface area contributed by atoms with Crippen molar-refractivity contribution in [1.82, 2.24) is 10.6 Å². The van der Waals surface area contributed by atoms with Gasteiger partial charge in [0.25, 0.3) is 11.8 Å². The molecule has 8 heteroatoms. The van der Waals surface area contributed by atoms with Crippen LogP contribution >= 0.6 is 15.9 Å². The molecule has 0 saturated carbocycles. The summed E-state index contributed by atoms with van der Waals surface area (Å²) in [5, 5.41) is 5.66. The molecule has 3 aliphatic rings. The normalized spacial score (nSPS) is 20.3. The van der Waals surface area contributed by atoms with Gasteiger partial charge in [-0.05, 0) is 81.4 Å². The molecule has 0 bridgehead atoms. The van der Waals surface area contributed by atoms with Crippen LogP contribution in [-0.2, 0) is 22.2 Å². The molecule has 5 rings (SSSR count). The molecule has 0 aromatic heterocycles. The van der Waals surface area contributed by atoms with Crippen LogP contribution in [0.4, 0.5) is 0 Å². The third-order valence-electron chi connectivity index (χ3n) is 6.57. The Bertz CT molecular complexity index is 1050. The first-order valence-electron chi connectivity index (χ1n) is 10.9. The van der Waals surface area contributed by atoms with Crippen molar-refractivity contribution in [3.63, 3.8) is 0 Å². The highest BCUT2D eigenvalue weighted by Crippen LogP contribution is 2.36. The Balaban J connectivity index is 0.000000174. The zero-order valence-corrected chi connectivity index (χ0v) is 20.5. The second kappa shape index (κ2) is 8.65. The van der Waals surface area contributed by atoms with Gasteiger partial charge in [-0.1, -0.05) is 28.1 Å². The van der Waals surface area contributed by atoms with Crippen LogP contribution in [0.2, 0.25) is 0 Å². The summed E-state index contributed by atoms with van der Waals surface area (Å²) in [4.78, 5) is 23.0. The molecule has 0 spiro atoms. The van der Waals surface area contributed by atoms with Crippen molar-refractivity contribution in [3.8, 4) is 0 Å². The van der Waals surface area contributed by atoms with Gasteiger partial charge in [0.1, 0.15) is 0 Å². The van der Waals surface area contributed by atoms with Gasteiger partial charge in [0.2, 0.25) is 0 Å². The van der Waals surface area contributed by atoms with Gasteiger partial charge in [-0.25, -0.2) is 0 Å². The van der Waals surface area contributed by atoms with Crippen LogP contribution < -0.4 is 16.1 Å². The van der Waals surface area contributed by atoms with Gasteiger partial charge < -0.3 is 19.9 Å². The minimum Gasteiger partial charge on any atom is -0.399 e. The zero-order chi connectivity index (χ0) is 23.1. The summed E-state index contributed by atoms with van der Waals surface area (Å²) in [6.45, 7) is 9.61. The van der Waals surface area contributed by atoms with Crippen LogP contribution in [-0.4, -0.2) is 43.2 Å². The monoisotopic (exact) mass is 498 g/mol. The number of nitrogens with one attached hydrogen (secondary N) is 2. The van der Waals surface area contributed by atoms with Crippen LogP contribution in [0.15, 0.2) is 40.9 Å². The molecule has 32 heavy (non-hydrogen) atoms. The maximum absolute atomic E-state index is 11.8. The fraction of sp³-hybridized carbons (Fsp3) is 0.417. The molecule has 168 valence electrons. The van der Waals surface area contributed by atoms with Crippen molar-refractivity contribution in [2.45, 2.75) is 51.7 Å². The molecule has 2 N–H and O–H groups in total. The average Bonchev–Trinajstić information content (AvgIpc) is 2.95. The summed E-state index contributed by atoms with van der Waals surface area (Å²) in [6, 6.07) is 11.6. The van der Waals surface area contributed by atoms with Crippen molar-refractivity contribution >= 4 is 40.3 Å². The fourth-order valence-corrected chi connectivity index (χ4v) is 4.38. The third-order valence-corrected chi connectivity index (χ3v) is 7.06. The molecule has 1 saturated heterocycles. The highest BCUT2D eigenvalue weighted by molar-refractivity contribution is 9.10. The summed E-state index contributed by atoms with van der Waals surface area (Å²) >= 11 is 3.38. The van der Waals surface area contributed by atoms with Gasteiger partial charge in [0.05, 0.1) is 11.2 Å². The predicted octanol–water partition coefficient (Wildman–Crippen LogP) is 3.01. The minimum absolute atomic E-state index is 0.00622. The lowest BCUT2D eigenvalue weighted by Gasteiger charge is -2.32. The smallest absolute Gasteiger partial charge is 0.399 e. The summed E-state index contributed by atoms with van der Waals surface area (Å²) in [5.41, 5.74) is 4.07. The second-order valence-corrected chi connectivity index (χ2v) is 10.2. The molecule has 0 atom stereocenters. The van der Waals surface area contributed by atoms with Crippen molar-refractivity contribution in [2.24, 2.45) is 0 Å². The number of amides is 2. The van der Waals surface area contributed by atoms with Gasteiger partial charge in [0, 0.05) is 28.7 Å². The zero-order valence-electron chi connectivity index (χ0n) is 18.9. The van der Waals surface area contributed by atoms with E-state index in [0.717, 1.165) is 51.6 Å². The lowest BCUT2D eigenvalue weighted by Crippen LogP contribution is -2.41. The lowest BCUT2D eigenvalue weighted by molar-refractivity contribution is 0.00578. The number of rotatable bonds is 1. The first kappa shape index (κ1) is 23.0. The number of hydrogen-bond donors (Lipinski definition) is 2. The SMILES string of the molecule is CC1(C)OB(c2ccc3c(c2)CCNC3=O)OC1(C)C.O=C1NCCc2cc(Br)ccc21. The molecule has 0 aliphatic carbocycles. The standard InChI is InChI=1S/C15H20BNO3.C9H8BrNO/c1-14(2)15(3,4)20-16(19-14)11-5-6-12-10(9-11)7-8-17-13(12)18;10-7-1-2-8-6(5-7)3-4-11-9(8)12/h5-6,9H,7-8H2,1-4H3,(H,17,18);1-2,5H,3-4H2,(H,11,12).